The van der Waals surface area contributed by atoms with Gasteiger partial charge in [0.25, 0.3) is 0 Å². The summed E-state index contributed by atoms with van der Waals surface area (Å²) in [6, 6.07) is 23.4. The number of carboxylic acids is 1. The van der Waals surface area contributed by atoms with Crippen LogP contribution in [0.25, 0.3) is 5.57 Å². The lowest BCUT2D eigenvalue weighted by atomic mass is 9.83. The topological polar surface area (TPSA) is 114 Å². The van der Waals surface area contributed by atoms with Gasteiger partial charge in [-0.2, -0.15) is 13.2 Å². The molecule has 2 atom stereocenters. The molecule has 2 aliphatic heterocycles. The molecule has 0 radical (unpaired) electrons. The number of rotatable bonds is 10. The van der Waals surface area contributed by atoms with Crippen LogP contribution in [0.2, 0.25) is 5.02 Å². The molecule has 256 valence electrons. The molecule has 2 aliphatic rings. The molecule has 2 heterocycles. The number of carbonyl (C=O) groups excluding carboxylic acids is 2. The molecule has 2 N–H and O–H groups in total. The summed E-state index contributed by atoms with van der Waals surface area (Å²) in [6.07, 6.45) is -3.45. The number of nitrogens with zero attached hydrogens (tertiary/aromatic N) is 1. The summed E-state index contributed by atoms with van der Waals surface area (Å²) in [6.45, 7) is 3.52. The Morgan fingerprint density at radius 1 is 1.02 bits per heavy atom. The highest BCUT2D eigenvalue weighted by atomic mass is 35.5. The van der Waals surface area contributed by atoms with Crippen molar-refractivity contribution in [2.24, 2.45) is 0 Å². The van der Waals surface area contributed by atoms with Crippen LogP contribution in [0.15, 0.2) is 78.4 Å². The van der Waals surface area contributed by atoms with Gasteiger partial charge in [-0.25, -0.2) is 4.79 Å². The van der Waals surface area contributed by atoms with E-state index in [1.54, 1.807) is 14.0 Å². The van der Waals surface area contributed by atoms with Gasteiger partial charge in [-0.15, -0.1) is 0 Å². The normalized spacial score (nSPS) is 17.2. The Morgan fingerprint density at radius 2 is 1.73 bits per heavy atom. The Labute approximate surface area is 281 Å². The molecule has 0 saturated carbocycles. The number of esters is 1. The van der Waals surface area contributed by atoms with Crippen LogP contribution in [-0.4, -0.2) is 79.5 Å². The maximum absolute atomic E-state index is 12.9. The van der Waals surface area contributed by atoms with Gasteiger partial charge in [0, 0.05) is 43.1 Å². The van der Waals surface area contributed by atoms with Crippen LogP contribution in [-0.2, 0) is 32.0 Å². The molecule has 48 heavy (non-hydrogen) atoms. The Morgan fingerprint density at radius 3 is 2.38 bits per heavy atom. The molecule has 3 aromatic rings. The van der Waals surface area contributed by atoms with Crippen LogP contribution in [0.5, 0.6) is 11.5 Å². The minimum absolute atomic E-state index is 0.0572. The third-order valence-electron chi connectivity index (χ3n) is 7.90. The van der Waals surface area contributed by atoms with E-state index >= 15 is 0 Å². The number of hydrogen-bond acceptors (Lipinski definition) is 7. The molecule has 0 unspecified atom stereocenters. The number of aliphatic carboxylic acids is 1. The summed E-state index contributed by atoms with van der Waals surface area (Å²) in [7, 11) is 1.59. The molecule has 0 spiro atoms. The number of carboxylic acid groups (broad SMARTS) is 1. The number of alkyl halides is 3. The second-order valence-corrected chi connectivity index (χ2v) is 11.7. The molecule has 1 amide bonds. The van der Waals surface area contributed by atoms with Gasteiger partial charge < -0.3 is 29.5 Å². The third-order valence-corrected chi connectivity index (χ3v) is 8.14. The zero-order valence-corrected chi connectivity index (χ0v) is 27.1. The highest BCUT2D eigenvalue weighted by Gasteiger charge is 2.38. The lowest BCUT2D eigenvalue weighted by Crippen LogP contribution is -2.60. The van der Waals surface area contributed by atoms with Gasteiger partial charge in [0.1, 0.15) is 18.1 Å². The number of hydrogen-bond donors (Lipinski definition) is 2. The van der Waals surface area contributed by atoms with E-state index in [4.69, 9.17) is 35.7 Å². The highest BCUT2D eigenvalue weighted by molar-refractivity contribution is 6.30. The predicted octanol–water partition coefficient (Wildman–Crippen LogP) is 5.74. The summed E-state index contributed by atoms with van der Waals surface area (Å²) in [5.74, 6) is -1.61. The molecule has 0 aromatic heterocycles. The Balaban J connectivity index is 0.000000671. The van der Waals surface area contributed by atoms with Crippen molar-refractivity contribution in [1.82, 2.24) is 10.2 Å². The standard InChI is InChI=1S/C33H35ClN2O5.C2HF3O2/c1-22(37)36-19-27-18-29(24-12-10-23(11-13-24)14-15-40-28-8-5-7-26(34)17-28)30(31(20-36)35-27)21-41-33(38)16-25-6-3-4-9-32(25)39-2;3-2(4,5)1(6)7/h3-13,17,27,31,35H,14-16,18-21H2,1-2H3;(H,6,7)/t27-,31-;/m1./s1. The highest BCUT2D eigenvalue weighted by Crippen LogP contribution is 2.33. The lowest BCUT2D eigenvalue weighted by molar-refractivity contribution is -0.192. The molecule has 3 aromatic carbocycles. The first-order chi connectivity index (χ1) is 22.8. The van der Waals surface area contributed by atoms with E-state index in [1.807, 2.05) is 53.4 Å². The number of halogens is 4. The molecule has 5 rings (SSSR count). The second-order valence-electron chi connectivity index (χ2n) is 11.3. The number of para-hydroxylation sites is 1. The van der Waals surface area contributed by atoms with Crippen molar-refractivity contribution in [3.63, 3.8) is 0 Å². The zero-order chi connectivity index (χ0) is 34.8. The third kappa shape index (κ3) is 10.2. The maximum atomic E-state index is 12.9. The number of methoxy groups -OCH3 is 1. The molecule has 2 bridgehead atoms. The lowest BCUT2D eigenvalue weighted by Gasteiger charge is -2.44. The van der Waals surface area contributed by atoms with Crippen LogP contribution >= 0.6 is 11.6 Å². The van der Waals surface area contributed by atoms with Gasteiger partial charge in [-0.05, 0) is 53.0 Å². The molecular formula is C35H36ClF3N2O7. The minimum Gasteiger partial charge on any atom is -0.496 e. The Kier molecular flexibility index (Phi) is 12.5. The van der Waals surface area contributed by atoms with E-state index in [9.17, 15) is 22.8 Å². The summed E-state index contributed by atoms with van der Waals surface area (Å²) < 4.78 is 48.8. The minimum atomic E-state index is -5.08. The van der Waals surface area contributed by atoms with Crippen molar-refractivity contribution in [3.05, 3.63) is 100 Å². The van der Waals surface area contributed by atoms with E-state index in [0.29, 0.717) is 30.5 Å². The summed E-state index contributed by atoms with van der Waals surface area (Å²) in [5, 5.41) is 11.4. The number of nitrogens with one attached hydrogen (secondary N) is 1. The van der Waals surface area contributed by atoms with Crippen LogP contribution in [0.4, 0.5) is 13.2 Å². The number of benzene rings is 3. The van der Waals surface area contributed by atoms with Crippen LogP contribution in [0.3, 0.4) is 0 Å². The van der Waals surface area contributed by atoms with Gasteiger partial charge in [-0.3, -0.25) is 9.59 Å². The van der Waals surface area contributed by atoms with Crippen molar-refractivity contribution in [2.45, 2.75) is 44.4 Å². The second kappa shape index (κ2) is 16.5. The largest absolute Gasteiger partial charge is 0.496 e. The van der Waals surface area contributed by atoms with Gasteiger partial charge >= 0.3 is 18.1 Å². The molecule has 0 aliphatic carbocycles. The van der Waals surface area contributed by atoms with Gasteiger partial charge in [-0.1, -0.05) is 60.1 Å². The smallest absolute Gasteiger partial charge is 0.490 e. The van der Waals surface area contributed by atoms with Gasteiger partial charge in [0.2, 0.25) is 5.91 Å². The van der Waals surface area contributed by atoms with E-state index in [2.05, 4.69) is 29.6 Å². The van der Waals surface area contributed by atoms with E-state index in [0.717, 1.165) is 40.9 Å². The van der Waals surface area contributed by atoms with Crippen molar-refractivity contribution in [3.8, 4) is 11.5 Å². The van der Waals surface area contributed by atoms with Gasteiger partial charge in [0.15, 0.2) is 0 Å². The van der Waals surface area contributed by atoms with Gasteiger partial charge in [0.05, 0.1) is 26.2 Å². The van der Waals surface area contributed by atoms with Crippen LogP contribution in [0, 0.1) is 0 Å². The summed E-state index contributed by atoms with van der Waals surface area (Å²) in [5.41, 5.74) is 5.24. The van der Waals surface area contributed by atoms with Crippen molar-refractivity contribution >= 4 is 35.0 Å². The van der Waals surface area contributed by atoms with E-state index < -0.39 is 12.1 Å². The molecule has 1 saturated heterocycles. The van der Waals surface area contributed by atoms with Crippen molar-refractivity contribution in [1.29, 1.82) is 0 Å². The Hall–Kier alpha value is -4.55. The molecule has 9 nitrogen and oxygen atoms in total. The van der Waals surface area contributed by atoms with Crippen molar-refractivity contribution < 1.29 is 46.9 Å². The van der Waals surface area contributed by atoms with Crippen molar-refractivity contribution in [2.75, 3.05) is 33.4 Å². The van der Waals surface area contributed by atoms with E-state index in [-0.39, 0.29) is 37.0 Å². The first kappa shape index (κ1) is 36.3. The number of piperazine rings is 1. The van der Waals surface area contributed by atoms with Crippen LogP contribution in [0.1, 0.15) is 30.0 Å². The number of carbonyl (C=O) groups is 3. The fourth-order valence-corrected chi connectivity index (χ4v) is 5.73. The first-order valence-electron chi connectivity index (χ1n) is 15.1. The number of ether oxygens (including phenoxy) is 3. The quantitative estimate of drug-likeness (QED) is 0.260. The summed E-state index contributed by atoms with van der Waals surface area (Å²) in [4.78, 5) is 35.9. The maximum Gasteiger partial charge on any atom is 0.490 e. The Bertz CT molecular complexity index is 1630. The number of fused-ring (bicyclic) bond motifs is 2. The fourth-order valence-electron chi connectivity index (χ4n) is 5.55. The summed E-state index contributed by atoms with van der Waals surface area (Å²) >= 11 is 6.05. The van der Waals surface area contributed by atoms with Crippen LogP contribution < -0.4 is 14.8 Å². The first-order valence-corrected chi connectivity index (χ1v) is 15.5. The molecule has 13 heteroatoms. The van der Waals surface area contributed by atoms with E-state index in [1.165, 1.54) is 5.57 Å². The SMILES string of the molecule is COc1ccccc1CC(=O)OCC1=C(c2ccc(CCOc3cccc(Cl)c3)cc2)C[C@@H]2CN(C(C)=O)C[C@H]1N2.O=C(O)C(F)(F)F. The molecular weight excluding hydrogens is 653 g/mol. The average molecular weight is 689 g/mol. The molecule has 1 fully saturated rings. The number of amides is 1. The zero-order valence-electron chi connectivity index (χ0n) is 26.4. The monoisotopic (exact) mass is 688 g/mol. The fraction of sp³-hybridized carbons (Fsp3) is 0.343. The predicted molar refractivity (Wildman–Crippen MR) is 173 cm³/mol. The average Bonchev–Trinajstić information content (AvgIpc) is 3.04.